The molecule has 3 rings (SSSR count). The maximum atomic E-state index is 12.2. The second kappa shape index (κ2) is 5.34. The van der Waals surface area contributed by atoms with Crippen LogP contribution in [-0.4, -0.2) is 36.5 Å². The summed E-state index contributed by atoms with van der Waals surface area (Å²) in [4.78, 5) is 14.5. The Hall–Kier alpha value is -0.970. The van der Waals surface area contributed by atoms with Crippen molar-refractivity contribution in [3.8, 4) is 0 Å². The Balaban J connectivity index is 1.63. The molecule has 1 saturated heterocycles. The maximum Gasteiger partial charge on any atom is 0.233 e. The SMILES string of the molecule is C[C@]1(C(=O)Nc2ccc(N3CCOCC3)cc2)CC1(Cl)Cl. The van der Waals surface area contributed by atoms with Gasteiger partial charge in [-0.3, -0.25) is 4.79 Å². The molecular formula is C15H18Cl2N2O2. The molecule has 1 aliphatic carbocycles. The first-order chi connectivity index (χ1) is 9.92. The Labute approximate surface area is 134 Å². The van der Waals surface area contributed by atoms with E-state index in [-0.39, 0.29) is 5.91 Å². The van der Waals surface area contributed by atoms with Gasteiger partial charge < -0.3 is 15.0 Å². The number of hydrogen-bond donors (Lipinski definition) is 1. The van der Waals surface area contributed by atoms with Gasteiger partial charge in [0.1, 0.15) is 4.33 Å². The lowest BCUT2D eigenvalue weighted by molar-refractivity contribution is -0.120. The molecule has 1 aliphatic heterocycles. The molecule has 1 atom stereocenters. The third-order valence-electron chi connectivity index (χ3n) is 4.26. The number of hydrogen-bond acceptors (Lipinski definition) is 3. The van der Waals surface area contributed by atoms with Crippen molar-refractivity contribution in [2.75, 3.05) is 36.5 Å². The Bertz CT molecular complexity index is 541. The molecule has 0 unspecified atom stereocenters. The Kier molecular flexibility index (Phi) is 3.80. The number of alkyl halides is 2. The highest BCUT2D eigenvalue weighted by Crippen LogP contribution is 2.64. The largest absolute Gasteiger partial charge is 0.378 e. The van der Waals surface area contributed by atoms with E-state index < -0.39 is 9.75 Å². The van der Waals surface area contributed by atoms with Gasteiger partial charge in [-0.05, 0) is 37.6 Å². The normalized spacial score (nSPS) is 27.3. The number of ether oxygens (including phenoxy) is 1. The average Bonchev–Trinajstić information content (AvgIpc) is 3.01. The summed E-state index contributed by atoms with van der Waals surface area (Å²) in [5.41, 5.74) is 1.20. The topological polar surface area (TPSA) is 41.6 Å². The highest BCUT2D eigenvalue weighted by Gasteiger charge is 2.67. The van der Waals surface area contributed by atoms with Crippen LogP contribution in [0.3, 0.4) is 0 Å². The van der Waals surface area contributed by atoms with Crippen LogP contribution < -0.4 is 10.2 Å². The van der Waals surface area contributed by atoms with Crippen molar-refractivity contribution in [1.82, 2.24) is 0 Å². The first-order valence-corrected chi connectivity index (χ1v) is 7.80. The Morgan fingerprint density at radius 1 is 1.24 bits per heavy atom. The molecule has 0 aromatic heterocycles. The monoisotopic (exact) mass is 328 g/mol. The number of nitrogens with zero attached hydrogens (tertiary/aromatic N) is 1. The highest BCUT2D eigenvalue weighted by atomic mass is 35.5. The summed E-state index contributed by atoms with van der Waals surface area (Å²) in [6.07, 6.45) is 0.487. The minimum absolute atomic E-state index is 0.133. The zero-order chi connectivity index (χ0) is 15.1. The molecule has 1 N–H and O–H groups in total. The summed E-state index contributed by atoms with van der Waals surface area (Å²) in [7, 11) is 0. The van der Waals surface area contributed by atoms with E-state index in [9.17, 15) is 4.79 Å². The van der Waals surface area contributed by atoms with Gasteiger partial charge in [0, 0.05) is 24.5 Å². The number of carbonyl (C=O) groups is 1. The fourth-order valence-corrected chi connectivity index (χ4v) is 3.20. The van der Waals surface area contributed by atoms with Crippen LogP contribution in [0.15, 0.2) is 24.3 Å². The number of rotatable bonds is 3. The zero-order valence-electron chi connectivity index (χ0n) is 11.9. The summed E-state index contributed by atoms with van der Waals surface area (Å²) >= 11 is 12.0. The molecule has 1 aromatic carbocycles. The number of benzene rings is 1. The second-order valence-corrected chi connectivity index (χ2v) is 7.30. The van der Waals surface area contributed by atoms with Gasteiger partial charge in [-0.15, -0.1) is 23.2 Å². The smallest absolute Gasteiger partial charge is 0.233 e. The maximum absolute atomic E-state index is 12.2. The van der Waals surface area contributed by atoms with Crippen molar-refractivity contribution >= 4 is 40.5 Å². The minimum Gasteiger partial charge on any atom is -0.378 e. The lowest BCUT2D eigenvalue weighted by Crippen LogP contribution is -2.36. The average molecular weight is 329 g/mol. The molecular weight excluding hydrogens is 311 g/mol. The second-order valence-electron chi connectivity index (χ2n) is 5.81. The van der Waals surface area contributed by atoms with E-state index in [1.807, 2.05) is 24.3 Å². The standard InChI is InChI=1S/C15H18Cl2N2O2/c1-14(10-15(14,16)17)13(20)18-11-2-4-12(5-3-11)19-6-8-21-9-7-19/h2-5H,6-10H2,1H3,(H,18,20)/t14-/m1/s1. The molecule has 6 heteroatoms. The van der Waals surface area contributed by atoms with Crippen molar-refractivity contribution in [2.24, 2.45) is 5.41 Å². The highest BCUT2D eigenvalue weighted by molar-refractivity contribution is 6.53. The van der Waals surface area contributed by atoms with Crippen LogP contribution in [0.5, 0.6) is 0 Å². The van der Waals surface area contributed by atoms with E-state index in [1.165, 1.54) is 0 Å². The van der Waals surface area contributed by atoms with Crippen LogP contribution in [0.1, 0.15) is 13.3 Å². The van der Waals surface area contributed by atoms with Gasteiger partial charge in [0.05, 0.1) is 18.6 Å². The summed E-state index contributed by atoms with van der Waals surface area (Å²) in [5.74, 6) is -0.133. The van der Waals surface area contributed by atoms with Gasteiger partial charge in [0.15, 0.2) is 0 Å². The lowest BCUT2D eigenvalue weighted by Gasteiger charge is -2.29. The van der Waals surface area contributed by atoms with Crippen molar-refractivity contribution in [3.63, 3.8) is 0 Å². The summed E-state index contributed by atoms with van der Waals surface area (Å²) in [5, 5.41) is 2.88. The molecule has 1 amide bonds. The minimum atomic E-state index is -0.940. The molecule has 2 fully saturated rings. The molecule has 0 spiro atoms. The first-order valence-electron chi connectivity index (χ1n) is 7.04. The number of anilines is 2. The van der Waals surface area contributed by atoms with Gasteiger partial charge in [-0.25, -0.2) is 0 Å². The fourth-order valence-electron chi connectivity index (χ4n) is 2.49. The van der Waals surface area contributed by atoms with Crippen LogP contribution in [-0.2, 0) is 9.53 Å². The molecule has 2 aliphatic rings. The van der Waals surface area contributed by atoms with Crippen LogP contribution in [0.25, 0.3) is 0 Å². The van der Waals surface area contributed by atoms with Crippen LogP contribution >= 0.6 is 23.2 Å². The van der Waals surface area contributed by atoms with Crippen LogP contribution in [0.2, 0.25) is 0 Å². The van der Waals surface area contributed by atoms with Crippen molar-refractivity contribution in [3.05, 3.63) is 24.3 Å². The predicted octanol–water partition coefficient (Wildman–Crippen LogP) is 3.05. The van der Waals surface area contributed by atoms with Crippen molar-refractivity contribution in [2.45, 2.75) is 17.7 Å². The van der Waals surface area contributed by atoms with Crippen LogP contribution in [0, 0.1) is 5.41 Å². The fraction of sp³-hybridized carbons (Fsp3) is 0.533. The summed E-state index contributed by atoms with van der Waals surface area (Å²) < 4.78 is 4.40. The van der Waals surface area contributed by atoms with Gasteiger partial charge in [-0.2, -0.15) is 0 Å². The molecule has 1 heterocycles. The van der Waals surface area contributed by atoms with Gasteiger partial charge in [-0.1, -0.05) is 0 Å². The van der Waals surface area contributed by atoms with E-state index in [0.29, 0.717) is 6.42 Å². The number of nitrogens with one attached hydrogen (secondary N) is 1. The number of amides is 1. The Morgan fingerprint density at radius 3 is 2.33 bits per heavy atom. The molecule has 114 valence electrons. The number of carbonyl (C=O) groups excluding carboxylic acids is 1. The molecule has 0 bridgehead atoms. The molecule has 4 nitrogen and oxygen atoms in total. The quantitative estimate of drug-likeness (QED) is 0.867. The van der Waals surface area contributed by atoms with Crippen molar-refractivity contribution in [1.29, 1.82) is 0 Å². The Morgan fingerprint density at radius 2 is 1.81 bits per heavy atom. The molecule has 1 aromatic rings. The third kappa shape index (κ3) is 2.85. The van der Waals surface area contributed by atoms with E-state index in [0.717, 1.165) is 37.7 Å². The summed E-state index contributed by atoms with van der Waals surface area (Å²) in [6.45, 7) is 5.08. The van der Waals surface area contributed by atoms with E-state index >= 15 is 0 Å². The molecule has 0 radical (unpaired) electrons. The molecule has 1 saturated carbocycles. The zero-order valence-corrected chi connectivity index (χ0v) is 13.4. The van der Waals surface area contributed by atoms with Gasteiger partial charge in [0.25, 0.3) is 0 Å². The molecule has 21 heavy (non-hydrogen) atoms. The number of halogens is 2. The van der Waals surface area contributed by atoms with E-state index in [2.05, 4.69) is 10.2 Å². The lowest BCUT2D eigenvalue weighted by atomic mass is 10.1. The van der Waals surface area contributed by atoms with Crippen LogP contribution in [0.4, 0.5) is 11.4 Å². The van der Waals surface area contributed by atoms with Crippen molar-refractivity contribution < 1.29 is 9.53 Å². The van der Waals surface area contributed by atoms with Gasteiger partial charge in [0.2, 0.25) is 5.91 Å². The predicted molar refractivity (Wildman–Crippen MR) is 85.3 cm³/mol. The third-order valence-corrected chi connectivity index (χ3v) is 5.36. The van der Waals surface area contributed by atoms with Gasteiger partial charge >= 0.3 is 0 Å². The van der Waals surface area contributed by atoms with E-state index in [1.54, 1.807) is 6.92 Å². The number of morpholine rings is 1. The summed E-state index contributed by atoms with van der Waals surface area (Å²) in [6, 6.07) is 7.81. The van der Waals surface area contributed by atoms with E-state index in [4.69, 9.17) is 27.9 Å². The first kappa shape index (κ1) is 14.9.